The molecule has 1 aliphatic carbocycles. The van der Waals surface area contributed by atoms with Gasteiger partial charge < -0.3 is 14.3 Å². The minimum atomic E-state index is -0.135. The maximum atomic E-state index is 12.7. The van der Waals surface area contributed by atoms with Crippen LogP contribution in [0.3, 0.4) is 0 Å². The number of piperazine rings is 1. The number of carbonyl (C=O) groups excluding carboxylic acids is 2. The van der Waals surface area contributed by atoms with Gasteiger partial charge in [0.2, 0.25) is 5.91 Å². The summed E-state index contributed by atoms with van der Waals surface area (Å²) in [4.78, 5) is 28.8. The Labute approximate surface area is 152 Å². The molecule has 1 aromatic heterocycles. The van der Waals surface area contributed by atoms with Crippen molar-refractivity contribution >= 4 is 11.8 Å². The normalized spacial score (nSPS) is 18.3. The van der Waals surface area contributed by atoms with E-state index in [1.165, 1.54) is 0 Å². The fraction of sp³-hybridized carbons (Fsp3) is 0.450. The Hall–Kier alpha value is -2.63. The number of benzene rings is 1. The van der Waals surface area contributed by atoms with Crippen LogP contribution in [0.1, 0.15) is 36.2 Å². The van der Waals surface area contributed by atoms with Gasteiger partial charge in [-0.25, -0.2) is 0 Å². The van der Waals surface area contributed by atoms with E-state index in [2.05, 4.69) is 5.16 Å². The van der Waals surface area contributed by atoms with Gasteiger partial charge in [0.05, 0.1) is 0 Å². The summed E-state index contributed by atoms with van der Waals surface area (Å²) in [5, 5.41) is 3.94. The van der Waals surface area contributed by atoms with Gasteiger partial charge in [0.25, 0.3) is 5.91 Å². The molecule has 0 unspecified atom stereocenters. The first-order chi connectivity index (χ1) is 12.7. The Morgan fingerprint density at radius 2 is 1.62 bits per heavy atom. The predicted molar refractivity (Wildman–Crippen MR) is 96.4 cm³/mol. The lowest BCUT2D eigenvalue weighted by molar-refractivity contribution is -0.136. The van der Waals surface area contributed by atoms with Crippen LogP contribution in [0, 0.1) is 5.92 Å². The maximum Gasteiger partial charge on any atom is 0.276 e. The van der Waals surface area contributed by atoms with Gasteiger partial charge in [-0.15, -0.1) is 0 Å². The fourth-order valence-corrected chi connectivity index (χ4v) is 3.84. The summed E-state index contributed by atoms with van der Waals surface area (Å²) in [5.74, 6) is 0.913. The third kappa shape index (κ3) is 3.36. The summed E-state index contributed by atoms with van der Waals surface area (Å²) in [6.07, 6.45) is 4.34. The molecule has 4 rings (SSSR count). The Kier molecular flexibility index (Phi) is 4.73. The van der Waals surface area contributed by atoms with Gasteiger partial charge >= 0.3 is 0 Å². The van der Waals surface area contributed by atoms with Gasteiger partial charge in [-0.2, -0.15) is 0 Å². The number of hydrogen-bond acceptors (Lipinski definition) is 4. The molecular weight excluding hydrogens is 330 g/mol. The summed E-state index contributed by atoms with van der Waals surface area (Å²) >= 11 is 0. The first kappa shape index (κ1) is 16.8. The number of aromatic nitrogens is 1. The van der Waals surface area contributed by atoms with Crippen LogP contribution in [-0.2, 0) is 4.79 Å². The van der Waals surface area contributed by atoms with E-state index in [0.717, 1.165) is 31.2 Å². The minimum absolute atomic E-state index is 0.135. The van der Waals surface area contributed by atoms with Crippen LogP contribution in [-0.4, -0.2) is 52.9 Å². The van der Waals surface area contributed by atoms with E-state index in [-0.39, 0.29) is 17.7 Å². The van der Waals surface area contributed by atoms with Crippen molar-refractivity contribution in [2.45, 2.75) is 25.7 Å². The monoisotopic (exact) mass is 353 g/mol. The average molecular weight is 353 g/mol. The Morgan fingerprint density at radius 3 is 2.31 bits per heavy atom. The second-order valence-corrected chi connectivity index (χ2v) is 7.04. The van der Waals surface area contributed by atoms with Crippen LogP contribution in [0.2, 0.25) is 0 Å². The van der Waals surface area contributed by atoms with E-state index in [1.54, 1.807) is 11.0 Å². The van der Waals surface area contributed by atoms with E-state index >= 15 is 0 Å². The van der Waals surface area contributed by atoms with E-state index in [1.807, 2.05) is 35.2 Å². The molecule has 26 heavy (non-hydrogen) atoms. The lowest BCUT2D eigenvalue weighted by atomic mass is 10.1. The molecule has 2 heterocycles. The molecule has 1 aliphatic heterocycles. The predicted octanol–water partition coefficient (Wildman–Crippen LogP) is 2.82. The van der Waals surface area contributed by atoms with E-state index in [9.17, 15) is 9.59 Å². The zero-order valence-corrected chi connectivity index (χ0v) is 14.8. The lowest BCUT2D eigenvalue weighted by Gasteiger charge is -2.35. The van der Waals surface area contributed by atoms with E-state index < -0.39 is 0 Å². The summed E-state index contributed by atoms with van der Waals surface area (Å²) in [6, 6.07) is 11.3. The minimum Gasteiger partial charge on any atom is -0.355 e. The molecule has 6 nitrogen and oxygen atoms in total. The number of nitrogens with zero attached hydrogens (tertiary/aromatic N) is 3. The molecule has 136 valence electrons. The van der Waals surface area contributed by atoms with Crippen molar-refractivity contribution in [3.63, 3.8) is 0 Å². The lowest BCUT2D eigenvalue weighted by Crippen LogP contribution is -2.51. The smallest absolute Gasteiger partial charge is 0.276 e. The third-order valence-electron chi connectivity index (χ3n) is 5.37. The Morgan fingerprint density at radius 1 is 0.962 bits per heavy atom. The summed E-state index contributed by atoms with van der Waals surface area (Å²) in [7, 11) is 0. The molecule has 0 atom stereocenters. The van der Waals surface area contributed by atoms with E-state index in [4.69, 9.17) is 4.52 Å². The maximum absolute atomic E-state index is 12.7. The zero-order valence-electron chi connectivity index (χ0n) is 14.8. The molecule has 2 aromatic rings. The number of hydrogen-bond donors (Lipinski definition) is 0. The summed E-state index contributed by atoms with van der Waals surface area (Å²) in [5.41, 5.74) is 1.21. The molecular formula is C20H23N3O3. The molecule has 0 spiro atoms. The van der Waals surface area contributed by atoms with Crippen molar-refractivity contribution < 1.29 is 14.1 Å². The van der Waals surface area contributed by atoms with Gasteiger partial charge in [-0.1, -0.05) is 48.3 Å². The molecule has 0 radical (unpaired) electrons. The third-order valence-corrected chi connectivity index (χ3v) is 5.37. The highest BCUT2D eigenvalue weighted by Crippen LogP contribution is 2.27. The molecule has 2 aliphatic rings. The number of amides is 2. The first-order valence-corrected chi connectivity index (χ1v) is 9.32. The Bertz CT molecular complexity index is 773. The van der Waals surface area contributed by atoms with Crippen molar-refractivity contribution in [3.05, 3.63) is 42.1 Å². The van der Waals surface area contributed by atoms with Crippen molar-refractivity contribution in [2.75, 3.05) is 26.2 Å². The molecule has 0 bridgehead atoms. The van der Waals surface area contributed by atoms with Crippen molar-refractivity contribution in [1.82, 2.24) is 15.0 Å². The molecule has 0 N–H and O–H groups in total. The SMILES string of the molecule is O=C(c1cc(-c2ccccc2)on1)N1CCN(C(=O)C2CCCC2)CC1. The van der Waals surface area contributed by atoms with Gasteiger partial charge in [0, 0.05) is 43.7 Å². The van der Waals surface area contributed by atoms with Crippen LogP contribution in [0.15, 0.2) is 40.9 Å². The van der Waals surface area contributed by atoms with Crippen LogP contribution in [0.5, 0.6) is 0 Å². The number of carbonyl (C=O) groups is 2. The van der Waals surface area contributed by atoms with Crippen LogP contribution < -0.4 is 0 Å². The van der Waals surface area contributed by atoms with Crippen LogP contribution >= 0.6 is 0 Å². The highest BCUT2D eigenvalue weighted by molar-refractivity contribution is 5.93. The van der Waals surface area contributed by atoms with Crippen molar-refractivity contribution in [1.29, 1.82) is 0 Å². The molecule has 2 amide bonds. The Balaban J connectivity index is 1.36. The van der Waals surface area contributed by atoms with Gasteiger partial charge in [0.15, 0.2) is 11.5 Å². The van der Waals surface area contributed by atoms with Crippen molar-refractivity contribution in [3.8, 4) is 11.3 Å². The molecule has 6 heteroatoms. The second-order valence-electron chi connectivity index (χ2n) is 7.04. The van der Waals surface area contributed by atoms with Crippen LogP contribution in [0.4, 0.5) is 0 Å². The number of rotatable bonds is 3. The quantitative estimate of drug-likeness (QED) is 0.851. The average Bonchev–Trinajstić information content (AvgIpc) is 3.40. The highest BCUT2D eigenvalue weighted by atomic mass is 16.5. The van der Waals surface area contributed by atoms with Gasteiger partial charge in [-0.05, 0) is 12.8 Å². The largest absolute Gasteiger partial charge is 0.355 e. The summed E-state index contributed by atoms with van der Waals surface area (Å²) < 4.78 is 5.33. The molecule has 1 saturated carbocycles. The van der Waals surface area contributed by atoms with Gasteiger partial charge in [0.1, 0.15) is 0 Å². The first-order valence-electron chi connectivity index (χ1n) is 9.32. The molecule has 1 aromatic carbocycles. The van der Waals surface area contributed by atoms with Gasteiger partial charge in [-0.3, -0.25) is 9.59 Å². The summed E-state index contributed by atoms with van der Waals surface area (Å²) in [6.45, 7) is 2.30. The van der Waals surface area contributed by atoms with Crippen LogP contribution in [0.25, 0.3) is 11.3 Å². The second kappa shape index (κ2) is 7.32. The fourth-order valence-electron chi connectivity index (χ4n) is 3.84. The zero-order chi connectivity index (χ0) is 17.9. The molecule has 2 fully saturated rings. The standard InChI is InChI=1S/C20H23N3O3/c24-19(16-8-4-5-9-16)22-10-12-23(13-11-22)20(25)17-14-18(26-21-17)15-6-2-1-3-7-15/h1-3,6-7,14,16H,4-5,8-13H2. The highest BCUT2D eigenvalue weighted by Gasteiger charge is 2.31. The van der Waals surface area contributed by atoms with Crippen molar-refractivity contribution in [2.24, 2.45) is 5.92 Å². The van der Waals surface area contributed by atoms with E-state index in [0.29, 0.717) is 37.6 Å². The molecule has 1 saturated heterocycles. The topological polar surface area (TPSA) is 66.7 Å².